The van der Waals surface area contributed by atoms with Gasteiger partial charge in [0.2, 0.25) is 0 Å². The zero-order valence-corrected chi connectivity index (χ0v) is 13.1. The van der Waals surface area contributed by atoms with E-state index >= 15 is 0 Å². The summed E-state index contributed by atoms with van der Waals surface area (Å²) < 4.78 is 7.50. The van der Waals surface area contributed by atoms with Crippen LogP contribution >= 0.6 is 0 Å². The van der Waals surface area contributed by atoms with Crippen LogP contribution in [0.1, 0.15) is 51.0 Å². The number of aromatic nitrogens is 2. The standard InChI is InChI=1S/C15H25N3O2/c1-11-9-12(2)18(16-11)13-7-6-8-17(10-13)14(19)20-15(3,4)5/h9,13H,6-8,10H2,1-5H3. The van der Waals surface area contributed by atoms with Crippen molar-refractivity contribution in [2.75, 3.05) is 13.1 Å². The minimum atomic E-state index is -0.442. The lowest BCUT2D eigenvalue weighted by Crippen LogP contribution is -2.43. The molecule has 20 heavy (non-hydrogen) atoms. The predicted octanol–water partition coefficient (Wildman–Crippen LogP) is 3.07. The molecule has 1 aliphatic heterocycles. The van der Waals surface area contributed by atoms with Crippen LogP contribution in [0, 0.1) is 13.8 Å². The third-order valence-corrected chi connectivity index (χ3v) is 3.44. The van der Waals surface area contributed by atoms with Crippen molar-refractivity contribution in [1.82, 2.24) is 14.7 Å². The van der Waals surface area contributed by atoms with Gasteiger partial charge in [-0.2, -0.15) is 5.10 Å². The van der Waals surface area contributed by atoms with Crippen LogP contribution in [0.25, 0.3) is 0 Å². The molecule has 112 valence electrons. The molecule has 0 bridgehead atoms. The lowest BCUT2D eigenvalue weighted by Gasteiger charge is -2.34. The van der Waals surface area contributed by atoms with Gasteiger partial charge in [0.25, 0.3) is 0 Å². The van der Waals surface area contributed by atoms with Crippen molar-refractivity contribution in [1.29, 1.82) is 0 Å². The molecule has 0 N–H and O–H groups in total. The van der Waals surface area contributed by atoms with E-state index in [1.54, 1.807) is 4.90 Å². The molecule has 1 aromatic rings. The largest absolute Gasteiger partial charge is 0.444 e. The minimum absolute atomic E-state index is 0.219. The van der Waals surface area contributed by atoms with Crippen molar-refractivity contribution in [3.05, 3.63) is 17.5 Å². The number of aryl methyl sites for hydroxylation is 2. The molecule has 0 radical (unpaired) electrons. The Morgan fingerprint density at radius 3 is 2.65 bits per heavy atom. The first-order chi connectivity index (χ1) is 9.26. The molecule has 2 heterocycles. The molecule has 1 aromatic heterocycles. The summed E-state index contributed by atoms with van der Waals surface area (Å²) >= 11 is 0. The second kappa shape index (κ2) is 5.46. The third-order valence-electron chi connectivity index (χ3n) is 3.44. The summed E-state index contributed by atoms with van der Waals surface area (Å²) in [7, 11) is 0. The van der Waals surface area contributed by atoms with Gasteiger partial charge in [0.15, 0.2) is 0 Å². The highest BCUT2D eigenvalue weighted by atomic mass is 16.6. The van der Waals surface area contributed by atoms with E-state index in [1.165, 1.54) is 0 Å². The van der Waals surface area contributed by atoms with Gasteiger partial charge in [-0.3, -0.25) is 4.68 Å². The second-order valence-corrected chi connectivity index (χ2v) is 6.59. The highest BCUT2D eigenvalue weighted by Crippen LogP contribution is 2.24. The average molecular weight is 279 g/mol. The zero-order valence-electron chi connectivity index (χ0n) is 13.1. The number of amides is 1. The Morgan fingerprint density at radius 1 is 1.40 bits per heavy atom. The van der Waals surface area contributed by atoms with Crippen LogP contribution in [0.2, 0.25) is 0 Å². The molecular weight excluding hydrogens is 254 g/mol. The van der Waals surface area contributed by atoms with E-state index in [2.05, 4.69) is 18.1 Å². The molecule has 0 spiro atoms. The van der Waals surface area contributed by atoms with Crippen LogP contribution < -0.4 is 0 Å². The number of carbonyl (C=O) groups is 1. The van der Waals surface area contributed by atoms with Crippen molar-refractivity contribution >= 4 is 6.09 Å². The smallest absolute Gasteiger partial charge is 0.410 e. The number of likely N-dealkylation sites (tertiary alicyclic amines) is 1. The van der Waals surface area contributed by atoms with E-state index in [9.17, 15) is 4.79 Å². The summed E-state index contributed by atoms with van der Waals surface area (Å²) in [4.78, 5) is 14.0. The molecule has 1 aliphatic rings. The van der Waals surface area contributed by atoms with Gasteiger partial charge in [-0.25, -0.2) is 4.79 Å². The monoisotopic (exact) mass is 279 g/mol. The van der Waals surface area contributed by atoms with Gasteiger partial charge in [0, 0.05) is 18.8 Å². The Hall–Kier alpha value is -1.52. The van der Waals surface area contributed by atoms with Gasteiger partial charge in [-0.15, -0.1) is 0 Å². The highest BCUT2D eigenvalue weighted by molar-refractivity contribution is 5.68. The van der Waals surface area contributed by atoms with Crippen LogP contribution in [-0.4, -0.2) is 39.5 Å². The first-order valence-corrected chi connectivity index (χ1v) is 7.27. The van der Waals surface area contributed by atoms with Crippen LogP contribution in [0.5, 0.6) is 0 Å². The Kier molecular flexibility index (Phi) is 4.06. The maximum absolute atomic E-state index is 12.2. The van der Waals surface area contributed by atoms with Gasteiger partial charge in [0.05, 0.1) is 11.7 Å². The molecule has 1 fully saturated rings. The minimum Gasteiger partial charge on any atom is -0.444 e. The lowest BCUT2D eigenvalue weighted by molar-refractivity contribution is 0.0166. The number of hydrogen-bond acceptors (Lipinski definition) is 3. The number of rotatable bonds is 1. The molecule has 0 aromatic carbocycles. The van der Waals surface area contributed by atoms with Crippen LogP contribution in [0.3, 0.4) is 0 Å². The Labute approximate surface area is 120 Å². The van der Waals surface area contributed by atoms with E-state index in [-0.39, 0.29) is 12.1 Å². The number of hydrogen-bond donors (Lipinski definition) is 0. The summed E-state index contributed by atoms with van der Waals surface area (Å²) in [5.74, 6) is 0. The second-order valence-electron chi connectivity index (χ2n) is 6.59. The van der Waals surface area contributed by atoms with Crippen molar-refractivity contribution in [3.8, 4) is 0 Å². The molecule has 1 saturated heterocycles. The van der Waals surface area contributed by atoms with Gasteiger partial charge in [-0.1, -0.05) is 0 Å². The molecule has 1 amide bonds. The van der Waals surface area contributed by atoms with Crippen molar-refractivity contribution in [2.24, 2.45) is 0 Å². The quantitative estimate of drug-likeness (QED) is 0.793. The van der Waals surface area contributed by atoms with Crippen molar-refractivity contribution in [2.45, 2.75) is 59.1 Å². The van der Waals surface area contributed by atoms with Crippen molar-refractivity contribution in [3.63, 3.8) is 0 Å². The SMILES string of the molecule is Cc1cc(C)n(C2CCCN(C(=O)OC(C)(C)C)C2)n1. The summed E-state index contributed by atoms with van der Waals surface area (Å²) in [6.45, 7) is 11.2. The van der Waals surface area contributed by atoms with E-state index in [4.69, 9.17) is 4.74 Å². The normalized spacial score (nSPS) is 20.1. The van der Waals surface area contributed by atoms with Gasteiger partial charge in [0.1, 0.15) is 5.60 Å². The van der Waals surface area contributed by atoms with Crippen LogP contribution in [-0.2, 0) is 4.74 Å². The molecule has 0 aliphatic carbocycles. The fourth-order valence-corrected chi connectivity index (χ4v) is 2.66. The molecule has 5 nitrogen and oxygen atoms in total. The van der Waals surface area contributed by atoms with Gasteiger partial charge in [-0.05, 0) is 53.5 Å². The zero-order chi connectivity index (χ0) is 14.9. The van der Waals surface area contributed by atoms with Gasteiger partial charge >= 0.3 is 6.09 Å². The maximum Gasteiger partial charge on any atom is 0.410 e. The van der Waals surface area contributed by atoms with Crippen LogP contribution in [0.15, 0.2) is 6.07 Å². The summed E-state index contributed by atoms with van der Waals surface area (Å²) in [5, 5.41) is 4.54. The predicted molar refractivity (Wildman–Crippen MR) is 77.8 cm³/mol. The van der Waals surface area contributed by atoms with E-state index < -0.39 is 5.60 Å². The van der Waals surface area contributed by atoms with E-state index in [0.29, 0.717) is 6.54 Å². The molecule has 1 unspecified atom stereocenters. The fraction of sp³-hybridized carbons (Fsp3) is 0.733. The van der Waals surface area contributed by atoms with E-state index in [0.717, 1.165) is 30.8 Å². The number of piperidine rings is 1. The van der Waals surface area contributed by atoms with Gasteiger partial charge < -0.3 is 9.64 Å². The first-order valence-electron chi connectivity index (χ1n) is 7.27. The molecule has 2 rings (SSSR count). The summed E-state index contributed by atoms with van der Waals surface area (Å²) in [6, 6.07) is 2.33. The lowest BCUT2D eigenvalue weighted by atomic mass is 10.1. The van der Waals surface area contributed by atoms with Crippen LogP contribution in [0.4, 0.5) is 4.79 Å². The Morgan fingerprint density at radius 2 is 2.10 bits per heavy atom. The molecule has 1 atom stereocenters. The summed E-state index contributed by atoms with van der Waals surface area (Å²) in [5.41, 5.74) is 1.73. The molecule has 5 heteroatoms. The first kappa shape index (κ1) is 14.9. The molecular formula is C15H25N3O2. The van der Waals surface area contributed by atoms with E-state index in [1.807, 2.05) is 32.4 Å². The van der Waals surface area contributed by atoms with Crippen molar-refractivity contribution < 1.29 is 9.53 Å². The highest BCUT2D eigenvalue weighted by Gasteiger charge is 2.29. The average Bonchev–Trinajstić information content (AvgIpc) is 2.66. The fourth-order valence-electron chi connectivity index (χ4n) is 2.66. The maximum atomic E-state index is 12.2. The number of nitrogens with zero attached hydrogens (tertiary/aromatic N) is 3. The third kappa shape index (κ3) is 3.52. The number of carbonyl (C=O) groups excluding carboxylic acids is 1. The topological polar surface area (TPSA) is 47.4 Å². The molecule has 0 saturated carbocycles. The Balaban J connectivity index is 2.05. The number of ether oxygens (including phenoxy) is 1. The summed E-state index contributed by atoms with van der Waals surface area (Å²) in [6.07, 6.45) is 1.83. The Bertz CT molecular complexity index is 488.